The average molecular weight is 514 g/mol. The predicted octanol–water partition coefficient (Wildman–Crippen LogP) is 8.47. The first-order valence-electron chi connectivity index (χ1n) is 14.5. The molecule has 2 atom stereocenters. The molecule has 2 rings (SSSR count). The van der Waals surface area contributed by atoms with Crippen LogP contribution < -0.4 is 5.30 Å². The van der Waals surface area contributed by atoms with Gasteiger partial charge in [-0.05, 0) is 31.4 Å². The molecule has 4 nitrogen and oxygen atoms in total. The summed E-state index contributed by atoms with van der Waals surface area (Å²) in [5.74, 6) is -0.0342. The highest BCUT2D eigenvalue weighted by Crippen LogP contribution is 2.23. The number of aromatic nitrogens is 2. The molecule has 2 aromatic rings. The number of carbonyl (C=O) groups excluding carboxylic acids is 1. The monoisotopic (exact) mass is 513 g/mol. The molecule has 5 heteroatoms. The molecule has 1 aromatic heterocycles. The van der Waals surface area contributed by atoms with E-state index in [1.807, 2.05) is 18.6 Å². The van der Waals surface area contributed by atoms with Crippen molar-refractivity contribution in [2.45, 2.75) is 116 Å². The maximum atomic E-state index is 11.9. The fourth-order valence-corrected chi connectivity index (χ4v) is 6.08. The number of hydrogen-bond acceptors (Lipinski definition) is 3. The van der Waals surface area contributed by atoms with E-state index in [0.29, 0.717) is 19.1 Å². The third-order valence-corrected chi connectivity index (χ3v) is 8.85. The Kier molecular flexibility index (Phi) is 17.0. The molecule has 1 heterocycles. The SMILES string of the molecule is C=[P+](CCCOC(=O)CCCCCCCCCCCCC(CCCC)n1ccnc1)c1ccccc1. The van der Waals surface area contributed by atoms with Crippen LogP contribution in [0.25, 0.3) is 0 Å². The van der Waals surface area contributed by atoms with E-state index in [9.17, 15) is 4.79 Å². The Balaban J connectivity index is 1.35. The second kappa shape index (κ2) is 20.2. The van der Waals surface area contributed by atoms with E-state index in [4.69, 9.17) is 4.74 Å². The summed E-state index contributed by atoms with van der Waals surface area (Å²) in [7, 11) is -0.389. The number of ether oxygens (including phenoxy) is 1. The average Bonchev–Trinajstić information content (AvgIpc) is 3.44. The Morgan fingerprint density at radius 2 is 1.56 bits per heavy atom. The molecule has 0 saturated carbocycles. The van der Waals surface area contributed by atoms with Gasteiger partial charge in [-0.15, -0.1) is 0 Å². The minimum atomic E-state index is -0.389. The van der Waals surface area contributed by atoms with Crippen LogP contribution in [0.3, 0.4) is 0 Å². The summed E-state index contributed by atoms with van der Waals surface area (Å²) in [6.45, 7) is 2.80. The van der Waals surface area contributed by atoms with Gasteiger partial charge in [-0.25, -0.2) is 4.98 Å². The summed E-state index contributed by atoms with van der Waals surface area (Å²) >= 11 is 0. The zero-order valence-electron chi connectivity index (χ0n) is 22.8. The van der Waals surface area contributed by atoms with Crippen LogP contribution in [0.1, 0.15) is 116 Å². The maximum absolute atomic E-state index is 11.9. The van der Waals surface area contributed by atoms with E-state index in [1.165, 1.54) is 82.4 Å². The number of rotatable bonds is 22. The summed E-state index contributed by atoms with van der Waals surface area (Å²) in [4.78, 5) is 16.2. The lowest BCUT2D eigenvalue weighted by Gasteiger charge is -2.18. The quantitative estimate of drug-likeness (QED) is 0.0901. The first-order valence-corrected chi connectivity index (χ1v) is 16.2. The zero-order valence-corrected chi connectivity index (χ0v) is 23.7. The van der Waals surface area contributed by atoms with Gasteiger partial charge in [-0.2, -0.15) is 0 Å². The predicted molar refractivity (Wildman–Crippen MR) is 157 cm³/mol. The molecule has 0 fully saturated rings. The van der Waals surface area contributed by atoms with Crippen LogP contribution >= 0.6 is 7.55 Å². The van der Waals surface area contributed by atoms with Crippen LogP contribution in [0.2, 0.25) is 0 Å². The molecule has 1 aromatic carbocycles. The van der Waals surface area contributed by atoms with Crippen LogP contribution in [0.5, 0.6) is 0 Å². The van der Waals surface area contributed by atoms with E-state index in [2.05, 4.69) is 53.2 Å². The summed E-state index contributed by atoms with van der Waals surface area (Å²) in [6, 6.07) is 11.1. The summed E-state index contributed by atoms with van der Waals surface area (Å²) in [6.07, 6.45) is 30.6. The van der Waals surface area contributed by atoms with Gasteiger partial charge in [0.1, 0.15) is 19.0 Å². The fraction of sp³-hybridized carbons (Fsp3) is 0.645. The van der Waals surface area contributed by atoms with Crippen molar-refractivity contribution in [3.8, 4) is 0 Å². The van der Waals surface area contributed by atoms with Gasteiger partial charge in [-0.1, -0.05) is 95.8 Å². The molecule has 200 valence electrons. The molecule has 0 aliphatic carbocycles. The molecule has 0 aliphatic heterocycles. The highest BCUT2D eigenvalue weighted by Gasteiger charge is 2.11. The molecule has 0 bridgehead atoms. The van der Waals surface area contributed by atoms with Crippen molar-refractivity contribution in [3.05, 3.63) is 49.1 Å². The minimum absolute atomic E-state index is 0.0342. The Bertz CT molecular complexity index is 807. The van der Waals surface area contributed by atoms with Crippen molar-refractivity contribution in [1.82, 2.24) is 9.55 Å². The van der Waals surface area contributed by atoms with Crippen molar-refractivity contribution in [2.75, 3.05) is 12.8 Å². The number of unbranched alkanes of at least 4 members (excludes halogenated alkanes) is 10. The fourth-order valence-electron chi connectivity index (χ4n) is 4.71. The topological polar surface area (TPSA) is 44.1 Å². The van der Waals surface area contributed by atoms with Gasteiger partial charge in [0.2, 0.25) is 0 Å². The van der Waals surface area contributed by atoms with Crippen molar-refractivity contribution >= 4 is 25.1 Å². The second-order valence-corrected chi connectivity index (χ2v) is 12.1. The number of esters is 1. The van der Waals surface area contributed by atoms with Gasteiger partial charge in [-0.3, -0.25) is 4.79 Å². The molecule has 36 heavy (non-hydrogen) atoms. The van der Waals surface area contributed by atoms with Gasteiger partial charge < -0.3 is 9.30 Å². The normalized spacial score (nSPS) is 12.4. The van der Waals surface area contributed by atoms with E-state index < -0.39 is 0 Å². The number of nitrogens with zero attached hydrogens (tertiary/aromatic N) is 2. The van der Waals surface area contributed by atoms with Gasteiger partial charge in [0, 0.05) is 31.3 Å². The van der Waals surface area contributed by atoms with Crippen LogP contribution in [-0.2, 0) is 9.53 Å². The molecule has 0 aliphatic rings. The van der Waals surface area contributed by atoms with Crippen LogP contribution in [-0.4, -0.2) is 34.6 Å². The van der Waals surface area contributed by atoms with Gasteiger partial charge in [0.25, 0.3) is 0 Å². The molecule has 2 unspecified atom stereocenters. The van der Waals surface area contributed by atoms with Crippen LogP contribution in [0.15, 0.2) is 49.1 Å². The standard InChI is InChI=1S/C31H50N2O2P/c1-3-4-19-29(33-25-24-32-28-33)20-14-11-9-7-5-6-8-10-12-17-23-31(34)35-26-18-27-36(2)30-21-15-13-16-22-30/h13,15-16,21-22,24-25,28-29H,2-12,14,17-20,23,26-27H2,1H3/q+1. The van der Waals surface area contributed by atoms with E-state index >= 15 is 0 Å². The number of imidazole rings is 1. The van der Waals surface area contributed by atoms with Crippen molar-refractivity contribution < 1.29 is 9.53 Å². The Labute approximate surface area is 221 Å². The van der Waals surface area contributed by atoms with Gasteiger partial charge in [0.05, 0.1) is 19.2 Å². The molecular weight excluding hydrogens is 463 g/mol. The highest BCUT2D eigenvalue weighted by atomic mass is 31.1. The van der Waals surface area contributed by atoms with Crippen LogP contribution in [0, 0.1) is 0 Å². The zero-order chi connectivity index (χ0) is 25.7. The van der Waals surface area contributed by atoms with E-state index in [1.54, 1.807) is 0 Å². The lowest BCUT2D eigenvalue weighted by Crippen LogP contribution is -2.07. The third kappa shape index (κ3) is 14.0. The second-order valence-electron chi connectivity index (χ2n) is 10.1. The molecule has 0 spiro atoms. The van der Waals surface area contributed by atoms with Gasteiger partial charge >= 0.3 is 5.97 Å². The summed E-state index contributed by atoms with van der Waals surface area (Å²) in [5.41, 5.74) is 0. The Hall–Kier alpha value is -1.93. The van der Waals surface area contributed by atoms with Crippen molar-refractivity contribution in [2.24, 2.45) is 0 Å². The molecular formula is C31H50N2O2P+. The van der Waals surface area contributed by atoms with E-state index in [0.717, 1.165) is 25.4 Å². The maximum Gasteiger partial charge on any atom is 0.305 e. The molecule has 0 saturated heterocycles. The number of carbonyl (C=O) groups is 1. The lowest BCUT2D eigenvalue weighted by atomic mass is 10.0. The number of benzene rings is 1. The van der Waals surface area contributed by atoms with Gasteiger partial charge in [0.15, 0.2) is 0 Å². The summed E-state index contributed by atoms with van der Waals surface area (Å²) < 4.78 is 7.72. The Morgan fingerprint density at radius 3 is 2.19 bits per heavy atom. The number of hydrogen-bond donors (Lipinski definition) is 0. The molecule has 0 N–H and O–H groups in total. The Morgan fingerprint density at radius 1 is 0.917 bits per heavy atom. The minimum Gasteiger partial charge on any atom is -0.466 e. The first kappa shape index (κ1) is 30.3. The smallest absolute Gasteiger partial charge is 0.305 e. The lowest BCUT2D eigenvalue weighted by molar-refractivity contribution is -0.143. The largest absolute Gasteiger partial charge is 0.466 e. The molecule has 0 radical (unpaired) electrons. The third-order valence-electron chi connectivity index (χ3n) is 6.96. The summed E-state index contributed by atoms with van der Waals surface area (Å²) in [5, 5.41) is 1.32. The van der Waals surface area contributed by atoms with Crippen molar-refractivity contribution in [3.63, 3.8) is 0 Å². The van der Waals surface area contributed by atoms with E-state index in [-0.39, 0.29) is 13.5 Å². The molecule has 0 amide bonds. The highest BCUT2D eigenvalue weighted by molar-refractivity contribution is 7.63. The van der Waals surface area contributed by atoms with Crippen molar-refractivity contribution in [1.29, 1.82) is 0 Å². The first-order chi connectivity index (χ1) is 17.7. The van der Waals surface area contributed by atoms with Crippen LogP contribution in [0.4, 0.5) is 0 Å².